The maximum absolute atomic E-state index is 11.5. The molecule has 4 atom stereocenters. The third-order valence-electron chi connectivity index (χ3n) is 2.82. The van der Waals surface area contributed by atoms with Crippen molar-refractivity contribution in [3.05, 3.63) is 0 Å². The Balaban J connectivity index is 6.00. The third-order valence-corrected chi connectivity index (χ3v) is 2.82. The van der Waals surface area contributed by atoms with E-state index in [0.717, 1.165) is 34.6 Å². The predicted octanol–water partition coefficient (Wildman–Crippen LogP) is -0.525. The van der Waals surface area contributed by atoms with Crippen LogP contribution in [0, 0.1) is 0 Å². The summed E-state index contributed by atoms with van der Waals surface area (Å²) in [6, 6.07) is 0. The lowest BCUT2D eigenvalue weighted by atomic mass is 10.0. The van der Waals surface area contributed by atoms with E-state index in [1.54, 1.807) is 0 Å². The molecule has 0 radical (unpaired) electrons. The molecular weight excluding hydrogens is 368 g/mol. The highest BCUT2D eigenvalue weighted by molar-refractivity contribution is 5.72. The molecule has 0 unspecified atom stereocenters. The summed E-state index contributed by atoms with van der Waals surface area (Å²) < 4.78 is 24.6. The molecule has 0 rings (SSSR count). The second kappa shape index (κ2) is 11.6. The summed E-state index contributed by atoms with van der Waals surface area (Å²) in [7, 11) is 0. The quantitative estimate of drug-likeness (QED) is 0.269. The van der Waals surface area contributed by atoms with Gasteiger partial charge in [-0.2, -0.15) is 0 Å². The van der Waals surface area contributed by atoms with Crippen LogP contribution in [0.25, 0.3) is 0 Å². The van der Waals surface area contributed by atoms with Crippen LogP contribution in [0.15, 0.2) is 0 Å². The Morgan fingerprint density at radius 2 is 1.11 bits per heavy atom. The molecule has 0 aromatic rings. The molecule has 0 saturated carbocycles. The Morgan fingerprint density at radius 3 is 1.48 bits per heavy atom. The van der Waals surface area contributed by atoms with Crippen LogP contribution in [0.2, 0.25) is 0 Å². The minimum Gasteiger partial charge on any atom is -0.462 e. The zero-order chi connectivity index (χ0) is 21.1. The number of esters is 5. The van der Waals surface area contributed by atoms with Crippen molar-refractivity contribution in [3.63, 3.8) is 0 Å². The minimum atomic E-state index is -1.67. The second-order valence-electron chi connectivity index (χ2n) is 5.31. The Morgan fingerprint density at radius 1 is 0.667 bits per heavy atom. The van der Waals surface area contributed by atoms with Gasteiger partial charge in [-0.05, 0) is 0 Å². The molecular formula is C16H22O11. The van der Waals surface area contributed by atoms with Crippen molar-refractivity contribution in [3.8, 4) is 0 Å². The topological polar surface area (TPSA) is 149 Å². The highest BCUT2D eigenvalue weighted by Crippen LogP contribution is 2.19. The molecule has 0 aromatic heterocycles. The van der Waals surface area contributed by atoms with Crippen molar-refractivity contribution in [1.82, 2.24) is 0 Å². The molecule has 0 amide bonds. The van der Waals surface area contributed by atoms with Crippen molar-refractivity contribution in [2.45, 2.75) is 59.0 Å². The molecule has 27 heavy (non-hydrogen) atoms. The van der Waals surface area contributed by atoms with Crippen molar-refractivity contribution in [1.29, 1.82) is 0 Å². The highest BCUT2D eigenvalue weighted by Gasteiger charge is 2.43. The first-order chi connectivity index (χ1) is 12.5. The minimum absolute atomic E-state index is 0.155. The van der Waals surface area contributed by atoms with Crippen LogP contribution in [0.5, 0.6) is 0 Å². The van der Waals surface area contributed by atoms with E-state index in [1.165, 1.54) is 0 Å². The number of carbonyl (C=O) groups excluding carboxylic acids is 6. The first-order valence-corrected chi connectivity index (χ1v) is 7.75. The summed E-state index contributed by atoms with van der Waals surface area (Å²) in [6.07, 6.45) is -6.23. The van der Waals surface area contributed by atoms with Crippen LogP contribution in [-0.4, -0.2) is 67.2 Å². The van der Waals surface area contributed by atoms with E-state index >= 15 is 0 Å². The number of ether oxygens (including phenoxy) is 5. The molecule has 0 N–H and O–H groups in total. The van der Waals surface area contributed by atoms with Crippen molar-refractivity contribution in [2.24, 2.45) is 0 Å². The number of carbonyl (C=O) groups is 6. The number of hydrogen-bond donors (Lipinski definition) is 0. The number of rotatable bonds is 10. The van der Waals surface area contributed by atoms with Gasteiger partial charge in [-0.25, -0.2) is 0 Å². The van der Waals surface area contributed by atoms with Crippen molar-refractivity contribution >= 4 is 36.1 Å². The standard InChI is InChI=1S/C16H22O11/c1-8(18)23-7-14(25-10(3)20)16(27-12(5)22)15(26-11(4)21)13(6-17)24-9(2)19/h6,13-16H,7H2,1-5H3/t13-,14-,15+,16-/m1/s1. The molecule has 152 valence electrons. The molecule has 0 aliphatic carbocycles. The van der Waals surface area contributed by atoms with Gasteiger partial charge in [0.05, 0.1) is 0 Å². The maximum atomic E-state index is 11.5. The van der Waals surface area contributed by atoms with Crippen LogP contribution in [0.3, 0.4) is 0 Å². The molecule has 0 saturated heterocycles. The summed E-state index contributed by atoms with van der Waals surface area (Å²) in [6.45, 7) is 4.56. The smallest absolute Gasteiger partial charge is 0.303 e. The maximum Gasteiger partial charge on any atom is 0.303 e. The van der Waals surface area contributed by atoms with Gasteiger partial charge in [0.2, 0.25) is 0 Å². The largest absolute Gasteiger partial charge is 0.462 e. The molecule has 0 spiro atoms. The van der Waals surface area contributed by atoms with E-state index < -0.39 is 60.9 Å². The van der Waals surface area contributed by atoms with E-state index in [-0.39, 0.29) is 6.29 Å². The van der Waals surface area contributed by atoms with E-state index in [2.05, 4.69) is 0 Å². The Labute approximate surface area is 155 Å². The first-order valence-electron chi connectivity index (χ1n) is 7.75. The SMILES string of the molecule is CC(=O)OC[C@@H](OC(C)=O)[C@@H](OC(C)=O)[C@@H](OC(C)=O)[C@@H](C=O)OC(C)=O. The summed E-state index contributed by atoms with van der Waals surface area (Å²) in [5.41, 5.74) is 0. The van der Waals surface area contributed by atoms with Gasteiger partial charge in [-0.3, -0.25) is 28.8 Å². The predicted molar refractivity (Wildman–Crippen MR) is 84.9 cm³/mol. The van der Waals surface area contributed by atoms with Crippen molar-refractivity contribution < 1.29 is 52.5 Å². The van der Waals surface area contributed by atoms with Crippen molar-refractivity contribution in [2.75, 3.05) is 6.61 Å². The van der Waals surface area contributed by atoms with Crippen LogP contribution in [0.4, 0.5) is 0 Å². The van der Waals surface area contributed by atoms with Crippen LogP contribution < -0.4 is 0 Å². The molecule has 0 aromatic carbocycles. The lowest BCUT2D eigenvalue weighted by Gasteiger charge is -2.33. The van der Waals surface area contributed by atoms with Gasteiger partial charge >= 0.3 is 29.8 Å². The first kappa shape index (κ1) is 24.0. The molecule has 0 bridgehead atoms. The monoisotopic (exact) mass is 390 g/mol. The molecule has 0 heterocycles. The molecule has 11 heteroatoms. The average molecular weight is 390 g/mol. The van der Waals surface area contributed by atoms with Crippen LogP contribution >= 0.6 is 0 Å². The lowest BCUT2D eigenvalue weighted by Crippen LogP contribution is -2.53. The summed E-state index contributed by atoms with van der Waals surface area (Å²) in [5.74, 6) is -4.23. The van der Waals surface area contributed by atoms with Gasteiger partial charge in [0.25, 0.3) is 0 Å². The van der Waals surface area contributed by atoms with E-state index in [9.17, 15) is 28.8 Å². The zero-order valence-corrected chi connectivity index (χ0v) is 15.6. The van der Waals surface area contributed by atoms with Crippen LogP contribution in [0.1, 0.15) is 34.6 Å². The average Bonchev–Trinajstić information content (AvgIpc) is 2.51. The fraction of sp³-hybridized carbons (Fsp3) is 0.625. The summed E-state index contributed by atoms with van der Waals surface area (Å²) >= 11 is 0. The van der Waals surface area contributed by atoms with Gasteiger partial charge in [0, 0.05) is 34.6 Å². The normalized spacial score (nSPS) is 14.6. The molecule has 0 aliphatic heterocycles. The Hall–Kier alpha value is -2.98. The van der Waals surface area contributed by atoms with Gasteiger partial charge in [0.15, 0.2) is 30.7 Å². The van der Waals surface area contributed by atoms with E-state index in [0.29, 0.717) is 0 Å². The fourth-order valence-electron chi connectivity index (χ4n) is 2.03. The molecule has 11 nitrogen and oxygen atoms in total. The van der Waals surface area contributed by atoms with Gasteiger partial charge in [-0.15, -0.1) is 0 Å². The zero-order valence-electron chi connectivity index (χ0n) is 15.6. The number of aldehydes is 1. The van der Waals surface area contributed by atoms with Gasteiger partial charge < -0.3 is 23.7 Å². The lowest BCUT2D eigenvalue weighted by molar-refractivity contribution is -0.201. The Bertz CT molecular complexity index is 583. The van der Waals surface area contributed by atoms with E-state index in [4.69, 9.17) is 23.7 Å². The molecule has 0 aliphatic rings. The fourth-order valence-corrected chi connectivity index (χ4v) is 2.03. The summed E-state index contributed by atoms with van der Waals surface area (Å²) in [5, 5.41) is 0. The molecule has 0 fully saturated rings. The summed E-state index contributed by atoms with van der Waals surface area (Å²) in [4.78, 5) is 68.0. The number of hydrogen-bond acceptors (Lipinski definition) is 11. The van der Waals surface area contributed by atoms with Gasteiger partial charge in [0.1, 0.15) is 6.61 Å². The van der Waals surface area contributed by atoms with Gasteiger partial charge in [-0.1, -0.05) is 0 Å². The Kier molecular flexibility index (Phi) is 10.3. The highest BCUT2D eigenvalue weighted by atomic mass is 16.6. The van der Waals surface area contributed by atoms with Crippen LogP contribution in [-0.2, 0) is 52.5 Å². The van der Waals surface area contributed by atoms with E-state index in [1.807, 2.05) is 0 Å². The second-order valence-corrected chi connectivity index (χ2v) is 5.31. The third kappa shape index (κ3) is 9.92.